The lowest BCUT2D eigenvalue weighted by Gasteiger charge is -2.22. The fourth-order valence-electron chi connectivity index (χ4n) is 3.19. The molecule has 3 rings (SSSR count). The molecular formula is C19H24ClN3O2S. The van der Waals surface area contributed by atoms with Crippen molar-refractivity contribution in [1.29, 1.82) is 0 Å². The van der Waals surface area contributed by atoms with E-state index < -0.39 is 0 Å². The molecule has 0 atom stereocenters. The predicted molar refractivity (Wildman–Crippen MR) is 104 cm³/mol. The standard InChI is InChI=1S/C19H24ClN3O2S/c20-15-8-6-14(7-9-15)10-23-11-17(12-24)22-19(23)26-13-18(25)21-16-4-2-1-3-5-16/h6-9,11,16,24H,1-5,10,12-13H2,(H,21,25). The quantitative estimate of drug-likeness (QED) is 0.705. The number of hydrogen-bond donors (Lipinski definition) is 2. The average molecular weight is 394 g/mol. The van der Waals surface area contributed by atoms with Gasteiger partial charge in [0.1, 0.15) is 0 Å². The van der Waals surface area contributed by atoms with Crippen LogP contribution in [0.2, 0.25) is 5.02 Å². The number of aromatic nitrogens is 2. The van der Waals surface area contributed by atoms with Crippen molar-refractivity contribution in [2.45, 2.75) is 56.5 Å². The van der Waals surface area contributed by atoms with Gasteiger partial charge in [-0.1, -0.05) is 54.8 Å². The number of hydrogen-bond acceptors (Lipinski definition) is 4. The first-order valence-corrected chi connectivity index (χ1v) is 10.3. The minimum absolute atomic E-state index is 0.0495. The van der Waals surface area contributed by atoms with Crippen LogP contribution in [0.4, 0.5) is 0 Å². The van der Waals surface area contributed by atoms with Crippen LogP contribution < -0.4 is 5.32 Å². The first kappa shape index (κ1) is 19.3. The molecule has 1 saturated carbocycles. The summed E-state index contributed by atoms with van der Waals surface area (Å²) in [7, 11) is 0. The molecule has 1 aromatic heterocycles. The molecule has 2 N–H and O–H groups in total. The summed E-state index contributed by atoms with van der Waals surface area (Å²) in [5.41, 5.74) is 1.69. The van der Waals surface area contributed by atoms with Gasteiger partial charge < -0.3 is 15.0 Å². The summed E-state index contributed by atoms with van der Waals surface area (Å²) >= 11 is 7.34. The van der Waals surface area contributed by atoms with Gasteiger partial charge >= 0.3 is 0 Å². The van der Waals surface area contributed by atoms with Gasteiger partial charge in [-0.3, -0.25) is 4.79 Å². The summed E-state index contributed by atoms with van der Waals surface area (Å²) < 4.78 is 1.97. The Morgan fingerprint density at radius 1 is 1.27 bits per heavy atom. The van der Waals surface area contributed by atoms with E-state index in [-0.39, 0.29) is 12.5 Å². The van der Waals surface area contributed by atoms with Gasteiger partial charge in [0.05, 0.1) is 18.1 Å². The van der Waals surface area contributed by atoms with Crippen molar-refractivity contribution < 1.29 is 9.90 Å². The Balaban J connectivity index is 1.60. The van der Waals surface area contributed by atoms with Gasteiger partial charge in [-0.15, -0.1) is 0 Å². The van der Waals surface area contributed by atoms with E-state index in [0.29, 0.717) is 29.1 Å². The van der Waals surface area contributed by atoms with Gasteiger partial charge in [0, 0.05) is 23.8 Å². The first-order chi connectivity index (χ1) is 12.6. The summed E-state index contributed by atoms with van der Waals surface area (Å²) in [5, 5.41) is 14.0. The summed E-state index contributed by atoms with van der Waals surface area (Å²) in [6.45, 7) is 0.506. The predicted octanol–water partition coefficient (Wildman–Crippen LogP) is 3.62. The number of benzene rings is 1. The molecule has 1 heterocycles. The molecule has 140 valence electrons. The second-order valence-electron chi connectivity index (χ2n) is 6.62. The van der Waals surface area contributed by atoms with E-state index >= 15 is 0 Å². The SMILES string of the molecule is O=C(CSc1nc(CO)cn1Cc1ccc(Cl)cc1)NC1CCCCC1. The highest BCUT2D eigenvalue weighted by molar-refractivity contribution is 7.99. The number of carbonyl (C=O) groups is 1. The molecule has 1 aliphatic carbocycles. The summed E-state index contributed by atoms with van der Waals surface area (Å²) in [5.74, 6) is 0.382. The average Bonchev–Trinajstić information content (AvgIpc) is 3.05. The van der Waals surface area contributed by atoms with Gasteiger partial charge in [-0.2, -0.15) is 0 Å². The maximum Gasteiger partial charge on any atom is 0.230 e. The minimum Gasteiger partial charge on any atom is -0.390 e. The second-order valence-corrected chi connectivity index (χ2v) is 8.00. The second kappa shape index (κ2) is 9.44. The molecule has 5 nitrogen and oxygen atoms in total. The third-order valence-corrected chi connectivity index (χ3v) is 5.76. The molecule has 1 amide bonds. The molecule has 0 bridgehead atoms. The zero-order chi connectivity index (χ0) is 18.4. The molecule has 0 radical (unpaired) electrons. The van der Waals surface area contributed by atoms with Crippen molar-refractivity contribution in [2.75, 3.05) is 5.75 Å². The van der Waals surface area contributed by atoms with Crippen LogP contribution in [0, 0.1) is 0 Å². The fraction of sp³-hybridized carbons (Fsp3) is 0.474. The van der Waals surface area contributed by atoms with Crippen molar-refractivity contribution in [3.63, 3.8) is 0 Å². The highest BCUT2D eigenvalue weighted by Gasteiger charge is 2.17. The monoisotopic (exact) mass is 393 g/mol. The number of thioether (sulfide) groups is 1. The Labute approximate surface area is 163 Å². The molecule has 1 aromatic carbocycles. The number of rotatable bonds is 7. The van der Waals surface area contributed by atoms with E-state index in [1.807, 2.05) is 35.0 Å². The number of aliphatic hydroxyl groups excluding tert-OH is 1. The summed E-state index contributed by atoms with van der Waals surface area (Å²) in [6.07, 6.45) is 7.66. The van der Waals surface area contributed by atoms with Gasteiger partial charge in [0.25, 0.3) is 0 Å². The number of nitrogens with one attached hydrogen (secondary N) is 1. The van der Waals surface area contributed by atoms with Crippen LogP contribution in [0.5, 0.6) is 0 Å². The maximum absolute atomic E-state index is 12.2. The van der Waals surface area contributed by atoms with Gasteiger partial charge in [-0.05, 0) is 30.5 Å². The van der Waals surface area contributed by atoms with Crippen LogP contribution in [0.3, 0.4) is 0 Å². The lowest BCUT2D eigenvalue weighted by atomic mass is 9.95. The first-order valence-electron chi connectivity index (χ1n) is 8.97. The van der Waals surface area contributed by atoms with Crippen LogP contribution >= 0.6 is 23.4 Å². The molecule has 0 saturated heterocycles. The Morgan fingerprint density at radius 3 is 2.69 bits per heavy atom. The highest BCUT2D eigenvalue weighted by Crippen LogP contribution is 2.21. The van der Waals surface area contributed by atoms with Crippen LogP contribution in [0.25, 0.3) is 0 Å². The van der Waals surface area contributed by atoms with Crippen molar-refractivity contribution in [2.24, 2.45) is 0 Å². The number of halogens is 1. The number of amides is 1. The molecule has 0 spiro atoms. The van der Waals surface area contributed by atoms with Crippen molar-refractivity contribution in [3.8, 4) is 0 Å². The lowest BCUT2D eigenvalue weighted by molar-refractivity contribution is -0.119. The van der Waals surface area contributed by atoms with Gasteiger partial charge in [-0.25, -0.2) is 4.98 Å². The molecule has 2 aromatic rings. The molecule has 1 fully saturated rings. The third-order valence-electron chi connectivity index (χ3n) is 4.52. The molecule has 26 heavy (non-hydrogen) atoms. The Hall–Kier alpha value is -1.50. The van der Waals surface area contributed by atoms with E-state index in [1.165, 1.54) is 31.0 Å². The zero-order valence-corrected chi connectivity index (χ0v) is 16.2. The Morgan fingerprint density at radius 2 is 2.00 bits per heavy atom. The lowest BCUT2D eigenvalue weighted by Crippen LogP contribution is -2.37. The topological polar surface area (TPSA) is 67.1 Å². The largest absolute Gasteiger partial charge is 0.390 e. The van der Waals surface area contributed by atoms with Crippen LogP contribution in [-0.4, -0.2) is 32.4 Å². The number of nitrogens with zero attached hydrogens (tertiary/aromatic N) is 2. The number of aliphatic hydroxyl groups is 1. The van der Waals surface area contributed by atoms with Crippen molar-refractivity contribution >= 4 is 29.3 Å². The maximum atomic E-state index is 12.2. The molecular weight excluding hydrogens is 370 g/mol. The van der Waals surface area contributed by atoms with Crippen LogP contribution in [0.15, 0.2) is 35.6 Å². The smallest absolute Gasteiger partial charge is 0.230 e. The van der Waals surface area contributed by atoms with E-state index in [0.717, 1.165) is 23.6 Å². The number of carbonyl (C=O) groups excluding carboxylic acids is 1. The molecule has 7 heteroatoms. The van der Waals surface area contributed by atoms with E-state index in [2.05, 4.69) is 10.3 Å². The Bertz CT molecular complexity index is 727. The normalized spacial score (nSPS) is 15.2. The molecule has 1 aliphatic rings. The summed E-state index contributed by atoms with van der Waals surface area (Å²) in [4.78, 5) is 16.7. The zero-order valence-electron chi connectivity index (χ0n) is 14.7. The molecule has 0 aliphatic heterocycles. The third kappa shape index (κ3) is 5.50. The van der Waals surface area contributed by atoms with Crippen molar-refractivity contribution in [1.82, 2.24) is 14.9 Å². The molecule has 0 unspecified atom stereocenters. The fourth-order valence-corrected chi connectivity index (χ4v) is 4.12. The Kier molecular flexibility index (Phi) is 7.00. The van der Waals surface area contributed by atoms with Gasteiger partial charge in [0.15, 0.2) is 5.16 Å². The van der Waals surface area contributed by atoms with Gasteiger partial charge in [0.2, 0.25) is 5.91 Å². The number of imidazole rings is 1. The van der Waals surface area contributed by atoms with E-state index in [1.54, 1.807) is 0 Å². The van der Waals surface area contributed by atoms with E-state index in [4.69, 9.17) is 11.6 Å². The van der Waals surface area contributed by atoms with Crippen molar-refractivity contribution in [3.05, 3.63) is 46.7 Å². The summed E-state index contributed by atoms with van der Waals surface area (Å²) in [6, 6.07) is 7.95. The highest BCUT2D eigenvalue weighted by atomic mass is 35.5. The van der Waals surface area contributed by atoms with E-state index in [9.17, 15) is 9.90 Å². The van der Waals surface area contributed by atoms with Crippen LogP contribution in [-0.2, 0) is 17.9 Å². The minimum atomic E-state index is -0.116. The van der Waals surface area contributed by atoms with Crippen LogP contribution in [0.1, 0.15) is 43.4 Å².